The van der Waals surface area contributed by atoms with Gasteiger partial charge in [-0.15, -0.1) is 0 Å². The Morgan fingerprint density at radius 2 is 1.56 bits per heavy atom. The van der Waals surface area contributed by atoms with Crippen LogP contribution in [0, 0.1) is 0 Å². The van der Waals surface area contributed by atoms with Gasteiger partial charge >= 0.3 is 6.09 Å². The number of nitrogens with zero attached hydrogens (tertiary/aromatic N) is 2. The van der Waals surface area contributed by atoms with Crippen molar-refractivity contribution in [2.45, 2.75) is 63.9 Å². The number of ether oxygens (including phenoxy) is 1. The highest BCUT2D eigenvalue weighted by Crippen LogP contribution is 2.28. The summed E-state index contributed by atoms with van der Waals surface area (Å²) in [5.74, 6) is -0.0597. The molecule has 0 radical (unpaired) electrons. The number of para-hydroxylation sites is 1. The fourth-order valence-corrected chi connectivity index (χ4v) is 5.81. The van der Waals surface area contributed by atoms with Crippen LogP contribution in [0.2, 0.25) is 5.02 Å². The molecule has 1 aliphatic rings. The van der Waals surface area contributed by atoms with Crippen molar-refractivity contribution in [2.24, 2.45) is 0 Å². The third-order valence-electron chi connectivity index (χ3n) is 8.05. The zero-order chi connectivity index (χ0) is 30.4. The number of anilines is 1. The molecule has 0 saturated carbocycles. The number of unbranched alkanes of at least 4 members (excludes halogenated alkanes) is 6. The molecular weight excluding hydrogens is 562 g/mol. The van der Waals surface area contributed by atoms with Gasteiger partial charge in [-0.05, 0) is 62.1 Å². The van der Waals surface area contributed by atoms with Crippen molar-refractivity contribution < 1.29 is 19.4 Å². The summed E-state index contributed by atoms with van der Waals surface area (Å²) in [4.78, 5) is 29.4. The van der Waals surface area contributed by atoms with Gasteiger partial charge in [-0.3, -0.25) is 10.1 Å². The average Bonchev–Trinajstić information content (AvgIpc) is 3.01. The van der Waals surface area contributed by atoms with Gasteiger partial charge in [0.05, 0.1) is 16.3 Å². The summed E-state index contributed by atoms with van der Waals surface area (Å²) < 4.78 is 5.77. The Hall–Kier alpha value is -3.55. The molecule has 8 heteroatoms. The smallest absolute Gasteiger partial charge is 0.411 e. The van der Waals surface area contributed by atoms with Crippen LogP contribution in [-0.4, -0.2) is 66.2 Å². The van der Waals surface area contributed by atoms with E-state index < -0.39 is 0 Å². The first-order valence-corrected chi connectivity index (χ1v) is 15.9. The summed E-state index contributed by atoms with van der Waals surface area (Å²) in [6, 6.07) is 22.3. The van der Waals surface area contributed by atoms with Crippen LogP contribution in [0.5, 0.6) is 5.75 Å². The Labute approximate surface area is 260 Å². The number of hydrogen-bond acceptors (Lipinski definition) is 5. The van der Waals surface area contributed by atoms with Gasteiger partial charge in [-0.1, -0.05) is 92.2 Å². The molecule has 4 rings (SSSR count). The van der Waals surface area contributed by atoms with Gasteiger partial charge in [0.2, 0.25) is 0 Å². The number of amides is 2. The minimum absolute atomic E-state index is 0.0486. The van der Waals surface area contributed by atoms with Gasteiger partial charge in [-0.25, -0.2) is 4.79 Å². The van der Waals surface area contributed by atoms with Gasteiger partial charge < -0.3 is 19.6 Å². The van der Waals surface area contributed by atoms with Gasteiger partial charge in [0, 0.05) is 32.2 Å². The number of carbonyl (C=O) groups excluding carboxylic acids is 2. The van der Waals surface area contributed by atoms with E-state index in [0.29, 0.717) is 12.1 Å². The topological polar surface area (TPSA) is 82.1 Å². The Kier molecular flexibility index (Phi) is 12.7. The number of piperidine rings is 1. The highest BCUT2D eigenvalue weighted by molar-refractivity contribution is 6.34. The van der Waals surface area contributed by atoms with Crippen molar-refractivity contribution in [2.75, 3.05) is 38.5 Å². The number of halogens is 1. The molecule has 230 valence electrons. The van der Waals surface area contributed by atoms with Crippen molar-refractivity contribution in [1.82, 2.24) is 9.80 Å². The SMILES string of the molecule is CN(CCCCCCCCCN1CCC(OC(=O)Nc2ccccc2-c2ccccc2)CC1)C(=O)c1ccc(O)cc1Cl. The van der Waals surface area contributed by atoms with Crippen molar-refractivity contribution in [3.05, 3.63) is 83.4 Å². The van der Waals surface area contributed by atoms with E-state index in [2.05, 4.69) is 10.2 Å². The largest absolute Gasteiger partial charge is 0.508 e. The summed E-state index contributed by atoms with van der Waals surface area (Å²) >= 11 is 6.10. The van der Waals surface area contributed by atoms with Crippen molar-refractivity contribution in [3.63, 3.8) is 0 Å². The summed E-state index contributed by atoms with van der Waals surface area (Å²) in [5, 5.41) is 12.7. The van der Waals surface area contributed by atoms with Gasteiger partial charge in [0.15, 0.2) is 0 Å². The highest BCUT2D eigenvalue weighted by atomic mass is 35.5. The minimum Gasteiger partial charge on any atom is -0.508 e. The molecule has 0 aromatic heterocycles. The number of benzene rings is 3. The lowest BCUT2D eigenvalue weighted by atomic mass is 10.0. The summed E-state index contributed by atoms with van der Waals surface area (Å²) in [5.41, 5.74) is 3.22. The third-order valence-corrected chi connectivity index (χ3v) is 8.37. The molecule has 0 atom stereocenters. The number of phenols is 1. The van der Waals surface area contributed by atoms with Crippen LogP contribution >= 0.6 is 11.6 Å². The molecule has 0 bridgehead atoms. The second kappa shape index (κ2) is 16.9. The van der Waals surface area contributed by atoms with Crippen LogP contribution < -0.4 is 5.32 Å². The predicted molar refractivity (Wildman–Crippen MR) is 174 cm³/mol. The van der Waals surface area contributed by atoms with E-state index >= 15 is 0 Å². The maximum absolute atomic E-state index is 12.7. The average molecular weight is 606 g/mol. The summed E-state index contributed by atoms with van der Waals surface area (Å²) in [7, 11) is 1.79. The minimum atomic E-state index is -0.387. The molecule has 0 aliphatic carbocycles. The first-order chi connectivity index (χ1) is 20.9. The zero-order valence-corrected chi connectivity index (χ0v) is 25.9. The molecule has 0 spiro atoms. The number of rotatable bonds is 14. The predicted octanol–water partition coefficient (Wildman–Crippen LogP) is 8.23. The second-order valence-corrected chi connectivity index (χ2v) is 11.8. The summed E-state index contributed by atoms with van der Waals surface area (Å²) in [6.07, 6.45) is 9.36. The van der Waals surface area contributed by atoms with E-state index in [9.17, 15) is 14.7 Å². The molecule has 1 saturated heterocycles. The molecule has 7 nitrogen and oxygen atoms in total. The molecule has 2 N–H and O–H groups in total. The van der Waals surface area contributed by atoms with Crippen LogP contribution in [0.15, 0.2) is 72.8 Å². The first-order valence-electron chi connectivity index (χ1n) is 15.5. The van der Waals surface area contributed by atoms with Crippen LogP contribution in [0.1, 0.15) is 68.1 Å². The number of nitrogens with one attached hydrogen (secondary N) is 1. The molecule has 0 unspecified atom stereocenters. The molecule has 2 amide bonds. The van der Waals surface area contributed by atoms with E-state index in [1.165, 1.54) is 44.2 Å². The van der Waals surface area contributed by atoms with E-state index in [0.717, 1.165) is 62.1 Å². The molecule has 3 aromatic carbocycles. The molecule has 1 aliphatic heterocycles. The Morgan fingerprint density at radius 1 is 0.907 bits per heavy atom. The van der Waals surface area contributed by atoms with Crippen LogP contribution in [0.3, 0.4) is 0 Å². The van der Waals surface area contributed by atoms with Gasteiger partial charge in [0.25, 0.3) is 5.91 Å². The Morgan fingerprint density at radius 3 is 2.28 bits per heavy atom. The monoisotopic (exact) mass is 605 g/mol. The molecule has 43 heavy (non-hydrogen) atoms. The number of carbonyl (C=O) groups is 2. The van der Waals surface area contributed by atoms with Crippen molar-refractivity contribution >= 4 is 29.3 Å². The van der Waals surface area contributed by atoms with Gasteiger partial charge in [0.1, 0.15) is 11.9 Å². The van der Waals surface area contributed by atoms with Crippen LogP contribution in [-0.2, 0) is 4.74 Å². The molecule has 3 aromatic rings. The van der Waals surface area contributed by atoms with Crippen molar-refractivity contribution in [1.29, 1.82) is 0 Å². The lowest BCUT2D eigenvalue weighted by Crippen LogP contribution is -2.38. The molecular formula is C35H44ClN3O4. The van der Waals surface area contributed by atoms with Crippen LogP contribution in [0.4, 0.5) is 10.5 Å². The maximum Gasteiger partial charge on any atom is 0.411 e. The number of phenolic OH excluding ortho intramolecular Hbond substituents is 1. The Balaban J connectivity index is 1.02. The number of hydrogen-bond donors (Lipinski definition) is 2. The summed E-state index contributed by atoms with van der Waals surface area (Å²) in [6.45, 7) is 3.70. The van der Waals surface area contributed by atoms with E-state index in [1.54, 1.807) is 18.0 Å². The highest BCUT2D eigenvalue weighted by Gasteiger charge is 2.22. The fraction of sp³-hybridized carbons (Fsp3) is 0.429. The zero-order valence-electron chi connectivity index (χ0n) is 25.1. The quantitative estimate of drug-likeness (QED) is 0.181. The lowest BCUT2D eigenvalue weighted by molar-refractivity contribution is 0.0584. The molecule has 1 heterocycles. The third kappa shape index (κ3) is 10.3. The normalized spacial score (nSPS) is 13.9. The number of likely N-dealkylation sites (tertiary alicyclic amines) is 1. The van der Waals surface area contributed by atoms with Crippen LogP contribution in [0.25, 0.3) is 11.1 Å². The maximum atomic E-state index is 12.7. The van der Waals surface area contributed by atoms with E-state index in [-0.39, 0.29) is 28.9 Å². The van der Waals surface area contributed by atoms with Gasteiger partial charge in [-0.2, -0.15) is 0 Å². The second-order valence-electron chi connectivity index (χ2n) is 11.3. The van der Waals surface area contributed by atoms with E-state index in [1.807, 2.05) is 54.6 Å². The van der Waals surface area contributed by atoms with Crippen molar-refractivity contribution in [3.8, 4) is 16.9 Å². The fourth-order valence-electron chi connectivity index (χ4n) is 5.56. The molecule has 1 fully saturated rings. The Bertz CT molecular complexity index is 1310. The standard InChI is InChI=1S/C35H44ClN3O4/c1-38(34(41)31-19-18-28(40)26-32(31)36)22-12-5-3-2-4-6-13-23-39-24-20-29(21-25-39)43-35(42)37-33-17-11-10-16-30(33)27-14-8-7-9-15-27/h7-11,14-19,26,29,40H,2-6,12-13,20-25H2,1H3,(H,37,42). The first kappa shape index (κ1) is 32.4. The van der Waals surface area contributed by atoms with E-state index in [4.69, 9.17) is 16.3 Å². The number of aromatic hydroxyl groups is 1. The lowest BCUT2D eigenvalue weighted by Gasteiger charge is -2.31.